The van der Waals surface area contributed by atoms with Crippen molar-refractivity contribution in [1.82, 2.24) is 0 Å². The number of benzene rings is 1. The fraction of sp³-hybridized carbons (Fsp3) is 0.462. The third-order valence-electron chi connectivity index (χ3n) is 2.85. The summed E-state index contributed by atoms with van der Waals surface area (Å²) >= 11 is 0. The van der Waals surface area contributed by atoms with Crippen LogP contribution in [0.15, 0.2) is 18.2 Å². The van der Waals surface area contributed by atoms with Gasteiger partial charge in [0.2, 0.25) is 0 Å². The number of ether oxygens (including phenoxy) is 1. The van der Waals surface area contributed by atoms with Crippen LogP contribution in [-0.4, -0.2) is 11.4 Å². The van der Waals surface area contributed by atoms with Crippen LogP contribution in [0.4, 0.5) is 0 Å². The fourth-order valence-corrected chi connectivity index (χ4v) is 1.88. The highest BCUT2D eigenvalue weighted by Gasteiger charge is 2.26. The topological polar surface area (TPSA) is 26.3 Å². The van der Waals surface area contributed by atoms with Gasteiger partial charge in [-0.25, -0.2) is 0 Å². The lowest BCUT2D eigenvalue weighted by molar-refractivity contribution is 0.0846. The SMILES string of the molecule is CC(=O)c1ccc2c(c1)CCC(C)(C)O2. The summed E-state index contributed by atoms with van der Waals surface area (Å²) in [6.45, 7) is 5.78. The molecule has 0 spiro atoms. The number of fused-ring (bicyclic) bond motifs is 1. The van der Waals surface area contributed by atoms with Crippen molar-refractivity contribution in [1.29, 1.82) is 0 Å². The molecule has 1 heterocycles. The van der Waals surface area contributed by atoms with E-state index in [2.05, 4.69) is 13.8 Å². The molecule has 1 aliphatic heterocycles. The van der Waals surface area contributed by atoms with E-state index in [1.165, 1.54) is 0 Å². The maximum atomic E-state index is 11.2. The molecule has 80 valence electrons. The lowest BCUT2D eigenvalue weighted by atomic mass is 9.93. The first-order chi connectivity index (χ1) is 6.98. The molecular weight excluding hydrogens is 188 g/mol. The monoisotopic (exact) mass is 204 g/mol. The predicted octanol–water partition coefficient (Wildman–Crippen LogP) is 2.99. The Bertz CT molecular complexity index is 405. The molecule has 1 aromatic rings. The molecule has 0 fully saturated rings. The van der Waals surface area contributed by atoms with Crippen LogP contribution < -0.4 is 4.74 Å². The largest absolute Gasteiger partial charge is 0.488 e. The van der Waals surface area contributed by atoms with Crippen LogP contribution in [0.2, 0.25) is 0 Å². The van der Waals surface area contributed by atoms with Crippen LogP contribution in [0.1, 0.15) is 43.1 Å². The van der Waals surface area contributed by atoms with Crippen LogP contribution >= 0.6 is 0 Å². The Morgan fingerprint density at radius 1 is 1.40 bits per heavy atom. The number of hydrogen-bond acceptors (Lipinski definition) is 2. The third kappa shape index (κ3) is 2.04. The Morgan fingerprint density at radius 3 is 2.80 bits per heavy atom. The second-order valence-electron chi connectivity index (χ2n) is 4.74. The highest BCUT2D eigenvalue weighted by Crippen LogP contribution is 2.33. The van der Waals surface area contributed by atoms with E-state index in [4.69, 9.17) is 4.74 Å². The molecule has 2 rings (SSSR count). The first-order valence-corrected chi connectivity index (χ1v) is 5.31. The minimum atomic E-state index is -0.0786. The Morgan fingerprint density at radius 2 is 2.13 bits per heavy atom. The second kappa shape index (κ2) is 3.37. The summed E-state index contributed by atoms with van der Waals surface area (Å²) in [5, 5.41) is 0. The van der Waals surface area contributed by atoms with Gasteiger partial charge in [0.15, 0.2) is 5.78 Å². The van der Waals surface area contributed by atoms with Gasteiger partial charge in [0.05, 0.1) is 0 Å². The highest BCUT2D eigenvalue weighted by atomic mass is 16.5. The van der Waals surface area contributed by atoms with Crippen LogP contribution in [-0.2, 0) is 6.42 Å². The van der Waals surface area contributed by atoms with Gasteiger partial charge in [0.25, 0.3) is 0 Å². The predicted molar refractivity (Wildman–Crippen MR) is 59.5 cm³/mol. The molecule has 0 atom stereocenters. The number of ketones is 1. The molecule has 15 heavy (non-hydrogen) atoms. The Balaban J connectivity index is 2.36. The van der Waals surface area contributed by atoms with Gasteiger partial charge in [-0.2, -0.15) is 0 Å². The summed E-state index contributed by atoms with van der Waals surface area (Å²) in [6, 6.07) is 5.70. The Labute approximate surface area is 90.3 Å². The van der Waals surface area contributed by atoms with Crippen molar-refractivity contribution in [3.63, 3.8) is 0 Å². The summed E-state index contributed by atoms with van der Waals surface area (Å²) in [6.07, 6.45) is 1.99. The molecule has 0 N–H and O–H groups in total. The molecule has 0 unspecified atom stereocenters. The van der Waals surface area contributed by atoms with Gasteiger partial charge in [0, 0.05) is 5.56 Å². The summed E-state index contributed by atoms with van der Waals surface area (Å²) in [7, 11) is 0. The quantitative estimate of drug-likeness (QED) is 0.657. The van der Waals surface area contributed by atoms with Crippen molar-refractivity contribution >= 4 is 5.78 Å². The maximum absolute atomic E-state index is 11.2. The molecule has 2 nitrogen and oxygen atoms in total. The molecule has 2 heteroatoms. The van der Waals surface area contributed by atoms with Gasteiger partial charge in [-0.1, -0.05) is 0 Å². The zero-order valence-electron chi connectivity index (χ0n) is 9.46. The first-order valence-electron chi connectivity index (χ1n) is 5.31. The zero-order valence-corrected chi connectivity index (χ0v) is 9.46. The molecule has 0 aromatic heterocycles. The second-order valence-corrected chi connectivity index (χ2v) is 4.74. The smallest absolute Gasteiger partial charge is 0.159 e. The van der Waals surface area contributed by atoms with Crippen molar-refractivity contribution in [3.8, 4) is 5.75 Å². The van der Waals surface area contributed by atoms with Crippen molar-refractivity contribution in [3.05, 3.63) is 29.3 Å². The lowest BCUT2D eigenvalue weighted by Gasteiger charge is -2.32. The zero-order chi connectivity index (χ0) is 11.1. The normalized spacial score (nSPS) is 17.8. The van der Waals surface area contributed by atoms with Gasteiger partial charge < -0.3 is 4.74 Å². The van der Waals surface area contributed by atoms with E-state index in [0.29, 0.717) is 0 Å². The number of aryl methyl sites for hydroxylation is 1. The van der Waals surface area contributed by atoms with Crippen LogP contribution in [0.25, 0.3) is 0 Å². The molecular formula is C13H16O2. The molecule has 0 amide bonds. The number of rotatable bonds is 1. The molecule has 0 aliphatic carbocycles. The molecule has 0 bridgehead atoms. The van der Waals surface area contributed by atoms with E-state index < -0.39 is 0 Å². The van der Waals surface area contributed by atoms with Crippen LogP contribution in [0.5, 0.6) is 5.75 Å². The van der Waals surface area contributed by atoms with Gasteiger partial charge in [-0.15, -0.1) is 0 Å². The summed E-state index contributed by atoms with van der Waals surface area (Å²) in [5.74, 6) is 1.04. The van der Waals surface area contributed by atoms with Gasteiger partial charge in [-0.3, -0.25) is 4.79 Å². The molecule has 0 radical (unpaired) electrons. The van der Waals surface area contributed by atoms with E-state index in [-0.39, 0.29) is 11.4 Å². The maximum Gasteiger partial charge on any atom is 0.159 e. The minimum absolute atomic E-state index is 0.0786. The van der Waals surface area contributed by atoms with E-state index in [1.807, 2.05) is 18.2 Å². The first kappa shape index (κ1) is 10.2. The van der Waals surface area contributed by atoms with E-state index in [1.54, 1.807) is 6.92 Å². The third-order valence-corrected chi connectivity index (χ3v) is 2.85. The number of carbonyl (C=O) groups is 1. The molecule has 1 aromatic carbocycles. The average molecular weight is 204 g/mol. The average Bonchev–Trinajstić information content (AvgIpc) is 2.15. The molecule has 0 saturated carbocycles. The number of hydrogen-bond donors (Lipinski definition) is 0. The fourth-order valence-electron chi connectivity index (χ4n) is 1.88. The van der Waals surface area contributed by atoms with E-state index in [9.17, 15) is 4.79 Å². The Kier molecular flexibility index (Phi) is 2.29. The van der Waals surface area contributed by atoms with Crippen molar-refractivity contribution < 1.29 is 9.53 Å². The summed E-state index contributed by atoms with van der Waals surface area (Å²) in [4.78, 5) is 11.2. The number of carbonyl (C=O) groups excluding carboxylic acids is 1. The highest BCUT2D eigenvalue weighted by molar-refractivity contribution is 5.94. The number of Topliss-reactive ketones (excluding diaryl/α,β-unsaturated/α-hetero) is 1. The van der Waals surface area contributed by atoms with E-state index in [0.717, 1.165) is 29.7 Å². The summed E-state index contributed by atoms with van der Waals surface area (Å²) < 4.78 is 5.84. The van der Waals surface area contributed by atoms with Crippen LogP contribution in [0, 0.1) is 0 Å². The lowest BCUT2D eigenvalue weighted by Crippen LogP contribution is -2.32. The summed E-state index contributed by atoms with van der Waals surface area (Å²) in [5.41, 5.74) is 1.85. The van der Waals surface area contributed by atoms with Gasteiger partial charge in [0.1, 0.15) is 11.4 Å². The van der Waals surface area contributed by atoms with Crippen molar-refractivity contribution in [2.45, 2.75) is 39.2 Å². The van der Waals surface area contributed by atoms with Gasteiger partial charge >= 0.3 is 0 Å². The van der Waals surface area contributed by atoms with Crippen molar-refractivity contribution in [2.24, 2.45) is 0 Å². The van der Waals surface area contributed by atoms with Crippen molar-refractivity contribution in [2.75, 3.05) is 0 Å². The minimum Gasteiger partial charge on any atom is -0.488 e. The Hall–Kier alpha value is -1.31. The standard InChI is InChI=1S/C13H16O2/c1-9(14)10-4-5-12-11(8-10)6-7-13(2,3)15-12/h4-5,8H,6-7H2,1-3H3. The van der Waals surface area contributed by atoms with Gasteiger partial charge in [-0.05, 0) is 57.4 Å². The molecule has 0 saturated heterocycles. The van der Waals surface area contributed by atoms with E-state index >= 15 is 0 Å². The van der Waals surface area contributed by atoms with Crippen LogP contribution in [0.3, 0.4) is 0 Å². The molecule has 1 aliphatic rings.